The lowest BCUT2D eigenvalue weighted by atomic mass is 10.0. The molecule has 4 nitrogen and oxygen atoms in total. The Balaban J connectivity index is 2.51. The Kier molecular flexibility index (Phi) is 5.65. The predicted molar refractivity (Wildman–Crippen MR) is 72.3 cm³/mol. The van der Waals surface area contributed by atoms with Gasteiger partial charge in [0.1, 0.15) is 5.75 Å². The Morgan fingerprint density at radius 3 is 2.33 bits per heavy atom. The molecule has 0 aliphatic rings. The monoisotopic (exact) mass is 250 g/mol. The molecule has 100 valence electrons. The van der Waals surface area contributed by atoms with Gasteiger partial charge in [0, 0.05) is 6.04 Å². The summed E-state index contributed by atoms with van der Waals surface area (Å²) in [5, 5.41) is 12.1. The van der Waals surface area contributed by atoms with E-state index in [1.54, 1.807) is 24.3 Å². The van der Waals surface area contributed by atoms with Crippen LogP contribution in [-0.2, 0) is 11.2 Å². The number of benzene rings is 1. The van der Waals surface area contributed by atoms with Gasteiger partial charge < -0.3 is 16.2 Å². The van der Waals surface area contributed by atoms with Crippen molar-refractivity contribution in [3.05, 3.63) is 29.8 Å². The summed E-state index contributed by atoms with van der Waals surface area (Å²) in [6, 6.07) is 6.40. The molecule has 0 radical (unpaired) electrons. The van der Waals surface area contributed by atoms with Crippen molar-refractivity contribution < 1.29 is 9.90 Å². The van der Waals surface area contributed by atoms with Crippen molar-refractivity contribution in [3.63, 3.8) is 0 Å². The van der Waals surface area contributed by atoms with Gasteiger partial charge in [0.25, 0.3) is 0 Å². The van der Waals surface area contributed by atoms with Crippen LogP contribution in [-0.4, -0.2) is 23.1 Å². The highest BCUT2D eigenvalue weighted by Crippen LogP contribution is 2.11. The maximum atomic E-state index is 11.9. The predicted octanol–water partition coefficient (Wildman–Crippen LogP) is 1.57. The highest BCUT2D eigenvalue weighted by atomic mass is 16.3. The van der Waals surface area contributed by atoms with Crippen LogP contribution in [0.15, 0.2) is 24.3 Å². The quantitative estimate of drug-likeness (QED) is 0.717. The molecule has 1 rings (SSSR count). The number of hydrogen-bond donors (Lipinski definition) is 3. The standard InChI is InChI=1S/C14H22N2O2/c1-3-11(4-2)16-14(18)13(15)9-10-5-7-12(17)8-6-10/h5-8,11,13,17H,3-4,9,15H2,1-2H3,(H,16,18)/t13-/m0/s1. The van der Waals surface area contributed by atoms with Crippen LogP contribution in [0.25, 0.3) is 0 Å². The van der Waals surface area contributed by atoms with Gasteiger partial charge in [-0.05, 0) is 37.0 Å². The molecule has 1 amide bonds. The Bertz CT molecular complexity index is 372. The van der Waals surface area contributed by atoms with E-state index in [-0.39, 0.29) is 17.7 Å². The van der Waals surface area contributed by atoms with Crippen LogP contribution < -0.4 is 11.1 Å². The number of amides is 1. The van der Waals surface area contributed by atoms with Gasteiger partial charge in [0.15, 0.2) is 0 Å². The molecule has 4 N–H and O–H groups in total. The third-order valence-corrected chi connectivity index (χ3v) is 3.06. The van der Waals surface area contributed by atoms with Crippen LogP contribution in [0, 0.1) is 0 Å². The van der Waals surface area contributed by atoms with E-state index in [0.29, 0.717) is 6.42 Å². The summed E-state index contributed by atoms with van der Waals surface area (Å²) in [6.45, 7) is 4.08. The fourth-order valence-corrected chi connectivity index (χ4v) is 1.78. The molecule has 1 aromatic carbocycles. The number of carbonyl (C=O) groups excluding carboxylic acids is 1. The number of phenols is 1. The summed E-state index contributed by atoms with van der Waals surface area (Å²) < 4.78 is 0. The molecule has 0 aliphatic heterocycles. The molecular weight excluding hydrogens is 228 g/mol. The summed E-state index contributed by atoms with van der Waals surface area (Å²) >= 11 is 0. The molecular formula is C14H22N2O2. The Morgan fingerprint density at radius 2 is 1.83 bits per heavy atom. The van der Waals surface area contributed by atoms with Crippen molar-refractivity contribution in [1.29, 1.82) is 0 Å². The molecule has 0 fully saturated rings. The van der Waals surface area contributed by atoms with E-state index in [2.05, 4.69) is 5.32 Å². The molecule has 0 bridgehead atoms. The van der Waals surface area contributed by atoms with Crippen molar-refractivity contribution in [2.24, 2.45) is 5.73 Å². The minimum Gasteiger partial charge on any atom is -0.508 e. The second kappa shape index (κ2) is 7.01. The van der Waals surface area contributed by atoms with E-state index >= 15 is 0 Å². The molecule has 0 saturated carbocycles. The minimum absolute atomic E-state index is 0.114. The molecule has 0 aliphatic carbocycles. The fraction of sp³-hybridized carbons (Fsp3) is 0.500. The van der Waals surface area contributed by atoms with E-state index in [9.17, 15) is 9.90 Å². The number of hydrogen-bond acceptors (Lipinski definition) is 3. The lowest BCUT2D eigenvalue weighted by Crippen LogP contribution is -2.46. The molecule has 0 aromatic heterocycles. The maximum Gasteiger partial charge on any atom is 0.237 e. The minimum atomic E-state index is -0.546. The number of aromatic hydroxyl groups is 1. The second-order valence-electron chi connectivity index (χ2n) is 4.50. The van der Waals surface area contributed by atoms with Crippen molar-refractivity contribution in [3.8, 4) is 5.75 Å². The van der Waals surface area contributed by atoms with Crippen molar-refractivity contribution in [2.75, 3.05) is 0 Å². The van der Waals surface area contributed by atoms with Crippen molar-refractivity contribution in [1.82, 2.24) is 5.32 Å². The van der Waals surface area contributed by atoms with E-state index in [1.807, 2.05) is 13.8 Å². The number of nitrogens with two attached hydrogens (primary N) is 1. The first-order valence-electron chi connectivity index (χ1n) is 6.40. The smallest absolute Gasteiger partial charge is 0.237 e. The number of rotatable bonds is 6. The average Bonchev–Trinajstić information content (AvgIpc) is 2.38. The number of nitrogens with one attached hydrogen (secondary N) is 1. The fourth-order valence-electron chi connectivity index (χ4n) is 1.78. The van der Waals surface area contributed by atoms with Crippen LogP contribution in [0.5, 0.6) is 5.75 Å². The zero-order valence-electron chi connectivity index (χ0n) is 11.0. The second-order valence-corrected chi connectivity index (χ2v) is 4.50. The van der Waals surface area contributed by atoms with Crippen LogP contribution in [0.4, 0.5) is 0 Å². The average molecular weight is 250 g/mol. The molecule has 1 aromatic rings. The first-order chi connectivity index (χ1) is 8.56. The first kappa shape index (κ1) is 14.5. The molecule has 1 atom stereocenters. The summed E-state index contributed by atoms with van der Waals surface area (Å²) in [5.74, 6) is 0.102. The van der Waals surface area contributed by atoms with Gasteiger partial charge in [-0.25, -0.2) is 0 Å². The molecule has 18 heavy (non-hydrogen) atoms. The van der Waals surface area contributed by atoms with Crippen molar-refractivity contribution >= 4 is 5.91 Å². The lowest BCUT2D eigenvalue weighted by molar-refractivity contribution is -0.123. The number of phenolic OH excluding ortho intramolecular Hbond substituents is 1. The highest BCUT2D eigenvalue weighted by molar-refractivity contribution is 5.82. The van der Waals surface area contributed by atoms with Gasteiger partial charge in [-0.2, -0.15) is 0 Å². The molecule has 0 unspecified atom stereocenters. The first-order valence-corrected chi connectivity index (χ1v) is 6.40. The lowest BCUT2D eigenvalue weighted by Gasteiger charge is -2.18. The van der Waals surface area contributed by atoms with Gasteiger partial charge in [0.2, 0.25) is 5.91 Å². The summed E-state index contributed by atoms with van der Waals surface area (Å²) in [4.78, 5) is 11.9. The third-order valence-electron chi connectivity index (χ3n) is 3.06. The van der Waals surface area contributed by atoms with Gasteiger partial charge >= 0.3 is 0 Å². The number of carbonyl (C=O) groups is 1. The summed E-state index contributed by atoms with van der Waals surface area (Å²) in [5.41, 5.74) is 6.81. The van der Waals surface area contributed by atoms with Crippen LogP contribution in [0.1, 0.15) is 32.3 Å². The van der Waals surface area contributed by atoms with Gasteiger partial charge in [0.05, 0.1) is 6.04 Å². The van der Waals surface area contributed by atoms with E-state index in [4.69, 9.17) is 5.73 Å². The van der Waals surface area contributed by atoms with Crippen LogP contribution >= 0.6 is 0 Å². The largest absolute Gasteiger partial charge is 0.508 e. The van der Waals surface area contributed by atoms with E-state index < -0.39 is 6.04 Å². The van der Waals surface area contributed by atoms with Gasteiger partial charge in [-0.15, -0.1) is 0 Å². The molecule has 4 heteroatoms. The SMILES string of the molecule is CCC(CC)NC(=O)[C@@H](N)Cc1ccc(O)cc1. The zero-order chi connectivity index (χ0) is 13.5. The zero-order valence-corrected chi connectivity index (χ0v) is 11.0. The molecule has 0 saturated heterocycles. The Labute approximate surface area is 108 Å². The van der Waals surface area contributed by atoms with E-state index in [1.165, 1.54) is 0 Å². The van der Waals surface area contributed by atoms with Gasteiger partial charge in [-0.3, -0.25) is 4.79 Å². The highest BCUT2D eigenvalue weighted by Gasteiger charge is 2.16. The van der Waals surface area contributed by atoms with Gasteiger partial charge in [-0.1, -0.05) is 26.0 Å². The van der Waals surface area contributed by atoms with Crippen LogP contribution in [0.2, 0.25) is 0 Å². The van der Waals surface area contributed by atoms with E-state index in [0.717, 1.165) is 18.4 Å². The third kappa shape index (κ3) is 4.37. The van der Waals surface area contributed by atoms with Crippen molar-refractivity contribution in [2.45, 2.75) is 45.2 Å². The van der Waals surface area contributed by atoms with Crippen LogP contribution in [0.3, 0.4) is 0 Å². The summed E-state index contributed by atoms with van der Waals surface area (Å²) in [7, 11) is 0. The molecule has 0 heterocycles. The maximum absolute atomic E-state index is 11.9. The molecule has 0 spiro atoms. The normalized spacial score (nSPS) is 12.4. The Morgan fingerprint density at radius 1 is 1.28 bits per heavy atom. The Hall–Kier alpha value is -1.55. The summed E-state index contributed by atoms with van der Waals surface area (Å²) in [6.07, 6.45) is 2.30. The topological polar surface area (TPSA) is 75.4 Å².